The maximum absolute atomic E-state index is 12.4. The molecule has 0 saturated heterocycles. The minimum Gasteiger partial charge on any atom is -0.212 e. The molecule has 0 radical (unpaired) electrons. The van der Waals surface area contributed by atoms with Gasteiger partial charge in [-0.1, -0.05) is 0 Å². The van der Waals surface area contributed by atoms with Gasteiger partial charge >= 0.3 is 6.18 Å². The number of halogens is 7. The van der Waals surface area contributed by atoms with Crippen molar-refractivity contribution in [3.8, 4) is 0 Å². The molecule has 15 heavy (non-hydrogen) atoms. The van der Waals surface area contributed by atoms with Crippen LogP contribution in [-0.2, 0) is 6.18 Å². The van der Waals surface area contributed by atoms with Crippen LogP contribution in [0.5, 0.6) is 0 Å². The molecule has 0 aliphatic carbocycles. The summed E-state index contributed by atoms with van der Waals surface area (Å²) < 4.78 is 84.9. The lowest BCUT2D eigenvalue weighted by molar-refractivity contribution is -0.143. The summed E-state index contributed by atoms with van der Waals surface area (Å²) >= 11 is 0. The molecule has 0 aliphatic heterocycles. The van der Waals surface area contributed by atoms with Crippen LogP contribution >= 0.6 is 0 Å². The Morgan fingerprint density at radius 3 is 2.07 bits per heavy atom. The molecular weight excluding hydrogens is 231 g/mol. The molecule has 0 spiro atoms. The number of pyridine rings is 1. The van der Waals surface area contributed by atoms with E-state index in [-0.39, 0.29) is 6.07 Å². The van der Waals surface area contributed by atoms with Gasteiger partial charge in [-0.25, -0.2) is 18.2 Å². The second kappa shape index (κ2) is 3.67. The summed E-state index contributed by atoms with van der Waals surface area (Å²) in [5, 5.41) is 0. The number of nitrogens with zero attached hydrogens (tertiary/aromatic N) is 1. The van der Waals surface area contributed by atoms with Crippen molar-refractivity contribution in [2.75, 3.05) is 0 Å². The Kier molecular flexibility index (Phi) is 2.87. The van der Waals surface area contributed by atoms with E-state index in [0.717, 1.165) is 0 Å². The third-order valence-corrected chi connectivity index (χ3v) is 1.47. The molecule has 1 heterocycles. The molecule has 1 aromatic rings. The zero-order valence-electron chi connectivity index (χ0n) is 6.75. The summed E-state index contributed by atoms with van der Waals surface area (Å²) in [6.07, 6.45) is -8.83. The van der Waals surface area contributed by atoms with Gasteiger partial charge in [-0.2, -0.15) is 17.6 Å². The summed E-state index contributed by atoms with van der Waals surface area (Å²) in [6.45, 7) is 0. The van der Waals surface area contributed by atoms with Crippen molar-refractivity contribution in [2.24, 2.45) is 0 Å². The van der Waals surface area contributed by atoms with Gasteiger partial charge in [-0.15, -0.1) is 0 Å². The average molecular weight is 233 g/mol. The van der Waals surface area contributed by atoms with Crippen LogP contribution in [0.15, 0.2) is 6.07 Å². The molecule has 0 aliphatic rings. The van der Waals surface area contributed by atoms with Crippen molar-refractivity contribution in [1.29, 1.82) is 0 Å². The number of hydrogen-bond acceptors (Lipinski definition) is 1. The normalized spacial score (nSPS) is 12.3. The molecule has 0 atom stereocenters. The quantitative estimate of drug-likeness (QED) is 0.535. The van der Waals surface area contributed by atoms with Crippen molar-refractivity contribution in [3.63, 3.8) is 0 Å². The van der Waals surface area contributed by atoms with Crippen LogP contribution < -0.4 is 0 Å². The third-order valence-electron chi connectivity index (χ3n) is 1.47. The van der Waals surface area contributed by atoms with Crippen molar-refractivity contribution < 1.29 is 30.7 Å². The Labute approximate surface area is 78.5 Å². The van der Waals surface area contributed by atoms with Crippen LogP contribution in [0.4, 0.5) is 30.7 Å². The molecule has 0 saturated carbocycles. The van der Waals surface area contributed by atoms with Gasteiger partial charge in [0.05, 0.1) is 5.56 Å². The van der Waals surface area contributed by atoms with Gasteiger partial charge in [0.25, 0.3) is 6.43 Å². The second-order valence-corrected chi connectivity index (χ2v) is 2.50. The topological polar surface area (TPSA) is 12.9 Å². The van der Waals surface area contributed by atoms with E-state index < -0.39 is 35.6 Å². The van der Waals surface area contributed by atoms with Crippen molar-refractivity contribution in [3.05, 3.63) is 29.1 Å². The molecule has 84 valence electrons. The number of aromatic nitrogens is 1. The van der Waals surface area contributed by atoms with Crippen molar-refractivity contribution in [2.45, 2.75) is 12.6 Å². The molecule has 0 unspecified atom stereocenters. The first-order valence-corrected chi connectivity index (χ1v) is 3.44. The van der Waals surface area contributed by atoms with E-state index in [1.54, 1.807) is 0 Å². The largest absolute Gasteiger partial charge is 0.433 e. The van der Waals surface area contributed by atoms with Crippen LogP contribution in [0.1, 0.15) is 17.7 Å². The molecule has 0 N–H and O–H groups in total. The molecule has 0 aromatic carbocycles. The monoisotopic (exact) mass is 233 g/mol. The van der Waals surface area contributed by atoms with Crippen LogP contribution in [0.3, 0.4) is 0 Å². The van der Waals surface area contributed by atoms with Crippen LogP contribution in [0.25, 0.3) is 0 Å². The highest BCUT2D eigenvalue weighted by molar-refractivity contribution is 5.24. The lowest BCUT2D eigenvalue weighted by Gasteiger charge is -2.11. The third kappa shape index (κ3) is 2.37. The predicted octanol–water partition coefficient (Wildman–Crippen LogP) is 3.32. The van der Waals surface area contributed by atoms with Crippen molar-refractivity contribution >= 4 is 0 Å². The first kappa shape index (κ1) is 11.7. The Balaban J connectivity index is 3.42. The minimum absolute atomic E-state index is 0.212. The second-order valence-electron chi connectivity index (χ2n) is 2.50. The van der Waals surface area contributed by atoms with Gasteiger partial charge in [-0.3, -0.25) is 0 Å². The van der Waals surface area contributed by atoms with Gasteiger partial charge in [0.15, 0.2) is 11.5 Å². The molecule has 1 nitrogen and oxygen atoms in total. The number of rotatable bonds is 1. The fraction of sp³-hybridized carbons (Fsp3) is 0.286. The maximum Gasteiger partial charge on any atom is 0.433 e. The van der Waals surface area contributed by atoms with E-state index in [9.17, 15) is 30.7 Å². The van der Waals surface area contributed by atoms with Gasteiger partial charge < -0.3 is 0 Å². The van der Waals surface area contributed by atoms with Crippen LogP contribution in [0, 0.1) is 11.8 Å². The molecular formula is C7H2F7N. The van der Waals surface area contributed by atoms with Gasteiger partial charge in [0.2, 0.25) is 5.95 Å². The smallest absolute Gasteiger partial charge is 0.212 e. The Morgan fingerprint density at radius 2 is 1.67 bits per heavy atom. The first-order chi connectivity index (χ1) is 6.73. The van der Waals surface area contributed by atoms with E-state index >= 15 is 0 Å². The summed E-state index contributed by atoms with van der Waals surface area (Å²) in [5.74, 6) is -3.91. The minimum atomic E-state index is -5.25. The molecule has 0 amide bonds. The summed E-state index contributed by atoms with van der Waals surface area (Å²) in [7, 11) is 0. The maximum atomic E-state index is 12.4. The fourth-order valence-corrected chi connectivity index (χ4v) is 0.874. The van der Waals surface area contributed by atoms with E-state index in [2.05, 4.69) is 4.98 Å². The highest BCUT2D eigenvalue weighted by atomic mass is 19.4. The van der Waals surface area contributed by atoms with E-state index in [4.69, 9.17) is 0 Å². The lowest BCUT2D eigenvalue weighted by atomic mass is 10.2. The number of hydrogen-bond donors (Lipinski definition) is 0. The first-order valence-electron chi connectivity index (χ1n) is 3.44. The van der Waals surface area contributed by atoms with E-state index in [1.165, 1.54) is 0 Å². The predicted molar refractivity (Wildman–Crippen MR) is 34.1 cm³/mol. The lowest BCUT2D eigenvalue weighted by Crippen LogP contribution is -2.14. The van der Waals surface area contributed by atoms with Crippen LogP contribution in [0.2, 0.25) is 0 Å². The zero-order chi connectivity index (χ0) is 11.8. The zero-order valence-corrected chi connectivity index (χ0v) is 6.75. The SMILES string of the molecule is Fc1cc(C(F)F)c(C(F)(F)F)nc1F. The number of alkyl halides is 5. The van der Waals surface area contributed by atoms with Crippen LogP contribution in [-0.4, -0.2) is 4.98 Å². The fourth-order valence-electron chi connectivity index (χ4n) is 0.874. The molecule has 1 rings (SSSR count). The van der Waals surface area contributed by atoms with Gasteiger partial charge in [0, 0.05) is 0 Å². The summed E-state index contributed by atoms with van der Waals surface area (Å²) in [4.78, 5) is 2.12. The molecule has 1 aromatic heterocycles. The molecule has 0 fully saturated rings. The van der Waals surface area contributed by atoms with E-state index in [1.807, 2.05) is 0 Å². The highest BCUT2D eigenvalue weighted by Crippen LogP contribution is 2.35. The van der Waals surface area contributed by atoms with Gasteiger partial charge in [-0.05, 0) is 6.07 Å². The summed E-state index contributed by atoms with van der Waals surface area (Å²) in [6, 6.07) is -0.212. The van der Waals surface area contributed by atoms with E-state index in [0.29, 0.717) is 0 Å². The molecule has 8 heteroatoms. The standard InChI is InChI=1S/C7H2F7N/c8-3-1-2(5(9)10)4(7(12,13)14)15-6(3)11/h1,5H. The Hall–Kier alpha value is -1.34. The van der Waals surface area contributed by atoms with Crippen molar-refractivity contribution in [1.82, 2.24) is 4.98 Å². The average Bonchev–Trinajstić information content (AvgIpc) is 2.06. The summed E-state index contributed by atoms with van der Waals surface area (Å²) in [5.41, 5.74) is -3.79. The molecule has 0 bridgehead atoms. The highest BCUT2D eigenvalue weighted by Gasteiger charge is 2.39. The Bertz CT molecular complexity index is 370. The Morgan fingerprint density at radius 1 is 1.13 bits per heavy atom. The van der Waals surface area contributed by atoms with Gasteiger partial charge in [0.1, 0.15) is 0 Å².